The molecular formula is C8H17NO3S. The molecule has 0 aromatic heterocycles. The summed E-state index contributed by atoms with van der Waals surface area (Å²) in [5.74, 6) is 0.622. The lowest BCUT2D eigenvalue weighted by Crippen LogP contribution is -2.45. The summed E-state index contributed by atoms with van der Waals surface area (Å²) in [5.41, 5.74) is 0. The van der Waals surface area contributed by atoms with E-state index in [4.69, 9.17) is 4.55 Å². The van der Waals surface area contributed by atoms with Crippen LogP contribution in [0.25, 0.3) is 0 Å². The molecule has 0 spiro atoms. The van der Waals surface area contributed by atoms with Crippen molar-refractivity contribution in [3.63, 3.8) is 0 Å². The zero-order chi connectivity index (χ0) is 10.1. The summed E-state index contributed by atoms with van der Waals surface area (Å²) in [4.78, 5) is 0. The van der Waals surface area contributed by atoms with E-state index >= 15 is 0 Å². The molecule has 0 aliphatic heterocycles. The van der Waals surface area contributed by atoms with E-state index in [0.717, 1.165) is 19.3 Å². The van der Waals surface area contributed by atoms with Gasteiger partial charge in [0.05, 0.1) is 0 Å². The molecule has 13 heavy (non-hydrogen) atoms. The molecule has 0 heterocycles. The van der Waals surface area contributed by atoms with Gasteiger partial charge in [-0.05, 0) is 24.7 Å². The molecule has 1 aliphatic carbocycles. The van der Waals surface area contributed by atoms with Gasteiger partial charge >= 0.3 is 10.3 Å². The fraction of sp³-hybridized carbons (Fsp3) is 1.00. The quantitative estimate of drug-likeness (QED) is 0.669. The van der Waals surface area contributed by atoms with Crippen molar-refractivity contribution in [1.82, 2.24) is 4.72 Å². The van der Waals surface area contributed by atoms with Crippen molar-refractivity contribution in [1.29, 1.82) is 0 Å². The Bertz CT molecular complexity index is 253. The molecule has 0 radical (unpaired) electrons. The monoisotopic (exact) mass is 207 g/mol. The average Bonchev–Trinajstić information content (AvgIpc) is 1.95. The van der Waals surface area contributed by atoms with Gasteiger partial charge in [-0.15, -0.1) is 0 Å². The fourth-order valence-electron chi connectivity index (χ4n) is 2.09. The summed E-state index contributed by atoms with van der Waals surface area (Å²) >= 11 is 0. The van der Waals surface area contributed by atoms with Gasteiger partial charge in [0.15, 0.2) is 0 Å². The summed E-state index contributed by atoms with van der Waals surface area (Å²) in [6.45, 7) is 4.02. The normalized spacial score (nSPS) is 36.1. The van der Waals surface area contributed by atoms with Crippen LogP contribution < -0.4 is 4.72 Å². The van der Waals surface area contributed by atoms with Crippen LogP contribution in [0.15, 0.2) is 0 Å². The molecule has 0 aromatic carbocycles. The first-order chi connectivity index (χ1) is 5.90. The van der Waals surface area contributed by atoms with Crippen molar-refractivity contribution < 1.29 is 13.0 Å². The molecule has 2 N–H and O–H groups in total. The minimum Gasteiger partial charge on any atom is -0.273 e. The molecule has 1 fully saturated rings. The second-order valence-corrected chi connectivity index (χ2v) is 5.19. The lowest BCUT2D eigenvalue weighted by atomic mass is 9.79. The third kappa shape index (κ3) is 3.25. The van der Waals surface area contributed by atoms with E-state index in [-0.39, 0.29) is 6.04 Å². The Morgan fingerprint density at radius 2 is 1.69 bits per heavy atom. The SMILES string of the molecule is CC1CCCC(C)C1NS(=O)(=O)O. The van der Waals surface area contributed by atoms with Gasteiger partial charge in [0.2, 0.25) is 0 Å². The van der Waals surface area contributed by atoms with Crippen LogP contribution in [0.4, 0.5) is 0 Å². The standard InChI is InChI=1S/C8H17NO3S/c1-6-4-3-5-7(2)8(6)9-13(10,11)12/h6-9H,3-5H2,1-2H3,(H,10,11,12). The van der Waals surface area contributed by atoms with Gasteiger partial charge < -0.3 is 0 Å². The molecular weight excluding hydrogens is 190 g/mol. The van der Waals surface area contributed by atoms with Crippen LogP contribution in [0, 0.1) is 11.8 Å². The number of hydrogen-bond acceptors (Lipinski definition) is 2. The first kappa shape index (κ1) is 10.9. The predicted molar refractivity (Wildman–Crippen MR) is 50.7 cm³/mol. The third-order valence-corrected chi connectivity index (χ3v) is 3.40. The number of rotatable bonds is 2. The topological polar surface area (TPSA) is 66.4 Å². The van der Waals surface area contributed by atoms with Crippen molar-refractivity contribution in [2.45, 2.75) is 39.2 Å². The minimum atomic E-state index is -4.04. The lowest BCUT2D eigenvalue weighted by molar-refractivity contribution is 0.229. The predicted octanol–water partition coefficient (Wildman–Crippen LogP) is 1.20. The van der Waals surface area contributed by atoms with Crippen LogP contribution >= 0.6 is 0 Å². The summed E-state index contributed by atoms with van der Waals surface area (Å²) in [5, 5.41) is 0. The van der Waals surface area contributed by atoms with Crippen molar-refractivity contribution in [3.05, 3.63) is 0 Å². The van der Waals surface area contributed by atoms with E-state index in [1.54, 1.807) is 0 Å². The van der Waals surface area contributed by atoms with Crippen LogP contribution in [0.5, 0.6) is 0 Å². The molecule has 0 saturated heterocycles. The Kier molecular flexibility index (Phi) is 3.32. The van der Waals surface area contributed by atoms with Gasteiger partial charge in [-0.2, -0.15) is 13.1 Å². The first-order valence-corrected chi connectivity index (χ1v) is 6.09. The van der Waals surface area contributed by atoms with E-state index in [1.807, 2.05) is 13.8 Å². The lowest BCUT2D eigenvalue weighted by Gasteiger charge is -2.33. The second kappa shape index (κ2) is 3.94. The largest absolute Gasteiger partial charge is 0.333 e. The molecule has 2 atom stereocenters. The highest BCUT2D eigenvalue weighted by molar-refractivity contribution is 7.83. The summed E-state index contributed by atoms with van der Waals surface area (Å²) < 4.78 is 32.2. The summed E-state index contributed by atoms with van der Waals surface area (Å²) in [6.07, 6.45) is 3.20. The van der Waals surface area contributed by atoms with Gasteiger partial charge in [-0.25, -0.2) is 0 Å². The van der Waals surface area contributed by atoms with Crippen LogP contribution in [0.1, 0.15) is 33.1 Å². The second-order valence-electron chi connectivity index (χ2n) is 4.00. The molecule has 0 amide bonds. The molecule has 1 aliphatic rings. The van der Waals surface area contributed by atoms with Gasteiger partial charge in [0.1, 0.15) is 0 Å². The maximum atomic E-state index is 10.6. The van der Waals surface area contributed by atoms with Crippen molar-refractivity contribution >= 4 is 10.3 Å². The molecule has 4 nitrogen and oxygen atoms in total. The highest BCUT2D eigenvalue weighted by atomic mass is 32.2. The third-order valence-electron chi connectivity index (χ3n) is 2.83. The van der Waals surface area contributed by atoms with Crippen LogP contribution in [0.2, 0.25) is 0 Å². The Balaban J connectivity index is 2.64. The van der Waals surface area contributed by atoms with E-state index in [0.29, 0.717) is 11.8 Å². The minimum absolute atomic E-state index is 0.108. The van der Waals surface area contributed by atoms with Gasteiger partial charge in [-0.3, -0.25) is 4.55 Å². The number of hydrogen-bond donors (Lipinski definition) is 2. The van der Waals surface area contributed by atoms with Crippen molar-refractivity contribution in [2.75, 3.05) is 0 Å². The van der Waals surface area contributed by atoms with E-state index in [9.17, 15) is 8.42 Å². The first-order valence-electron chi connectivity index (χ1n) is 4.65. The molecule has 78 valence electrons. The highest BCUT2D eigenvalue weighted by Gasteiger charge is 2.30. The van der Waals surface area contributed by atoms with Crippen molar-refractivity contribution in [2.24, 2.45) is 11.8 Å². The smallest absolute Gasteiger partial charge is 0.273 e. The Morgan fingerprint density at radius 1 is 1.23 bits per heavy atom. The van der Waals surface area contributed by atoms with Crippen LogP contribution in [-0.2, 0) is 10.3 Å². The zero-order valence-corrected chi connectivity index (χ0v) is 8.84. The Morgan fingerprint density at radius 3 is 2.08 bits per heavy atom. The Labute approximate surface area is 79.6 Å². The molecule has 5 heteroatoms. The van der Waals surface area contributed by atoms with E-state index in [1.165, 1.54) is 0 Å². The maximum absolute atomic E-state index is 10.6. The zero-order valence-electron chi connectivity index (χ0n) is 8.03. The summed E-state index contributed by atoms with van der Waals surface area (Å²) in [6, 6.07) is -0.108. The van der Waals surface area contributed by atoms with Gasteiger partial charge in [-0.1, -0.05) is 20.3 Å². The van der Waals surface area contributed by atoms with E-state index < -0.39 is 10.3 Å². The van der Waals surface area contributed by atoms with E-state index in [2.05, 4.69) is 4.72 Å². The average molecular weight is 207 g/mol. The summed E-state index contributed by atoms with van der Waals surface area (Å²) in [7, 11) is -4.04. The molecule has 2 unspecified atom stereocenters. The van der Waals surface area contributed by atoms with Gasteiger partial charge in [0, 0.05) is 6.04 Å². The Hall–Kier alpha value is -0.130. The maximum Gasteiger partial charge on any atom is 0.333 e. The molecule has 1 rings (SSSR count). The number of nitrogens with one attached hydrogen (secondary N) is 1. The molecule has 0 aromatic rings. The highest BCUT2D eigenvalue weighted by Crippen LogP contribution is 2.28. The van der Waals surface area contributed by atoms with Crippen LogP contribution in [0.3, 0.4) is 0 Å². The molecule has 1 saturated carbocycles. The van der Waals surface area contributed by atoms with Gasteiger partial charge in [0.25, 0.3) is 0 Å². The molecule has 0 bridgehead atoms. The van der Waals surface area contributed by atoms with Crippen molar-refractivity contribution in [3.8, 4) is 0 Å². The van der Waals surface area contributed by atoms with Crippen LogP contribution in [-0.4, -0.2) is 19.0 Å². The fourth-order valence-corrected chi connectivity index (χ4v) is 2.89.